The van der Waals surface area contributed by atoms with Crippen LogP contribution < -0.4 is 4.74 Å². The number of amides is 1. The van der Waals surface area contributed by atoms with Crippen molar-refractivity contribution in [2.24, 2.45) is 0 Å². The van der Waals surface area contributed by atoms with E-state index in [0.29, 0.717) is 12.1 Å². The minimum Gasteiger partial charge on any atom is -0.467 e. The van der Waals surface area contributed by atoms with Crippen molar-refractivity contribution in [3.8, 4) is 5.19 Å². The van der Waals surface area contributed by atoms with Crippen LogP contribution in [-0.2, 0) is 0 Å². The van der Waals surface area contributed by atoms with Crippen molar-refractivity contribution in [3.63, 3.8) is 0 Å². The van der Waals surface area contributed by atoms with Crippen molar-refractivity contribution in [2.45, 2.75) is 37.8 Å². The van der Waals surface area contributed by atoms with Gasteiger partial charge in [0.05, 0.1) is 5.56 Å². The molecule has 0 saturated carbocycles. The Morgan fingerprint density at radius 2 is 1.92 bits per heavy atom. The zero-order chi connectivity index (χ0) is 17.1. The number of ether oxygens (including phenoxy) is 1. The van der Waals surface area contributed by atoms with Crippen LogP contribution in [0.3, 0.4) is 0 Å². The second-order valence-electron chi connectivity index (χ2n) is 6.69. The molecule has 0 unspecified atom stereocenters. The number of nitrogens with zero attached hydrogens (tertiary/aromatic N) is 3. The molecule has 5 nitrogen and oxygen atoms in total. The minimum absolute atomic E-state index is 0.190. The van der Waals surface area contributed by atoms with Crippen LogP contribution in [0.25, 0.3) is 0 Å². The van der Waals surface area contributed by atoms with E-state index < -0.39 is 0 Å². The van der Waals surface area contributed by atoms with Crippen LogP contribution in [-0.4, -0.2) is 59.0 Å². The molecule has 2 fully saturated rings. The molecule has 1 amide bonds. The highest BCUT2D eigenvalue weighted by Crippen LogP contribution is 2.25. The number of hydrogen-bond acceptors (Lipinski definition) is 6. The van der Waals surface area contributed by atoms with Gasteiger partial charge in [-0.05, 0) is 37.1 Å². The van der Waals surface area contributed by atoms with Gasteiger partial charge in [-0.1, -0.05) is 11.3 Å². The highest BCUT2D eigenvalue weighted by atomic mass is 32.1. The molecule has 2 aromatic rings. The zero-order valence-electron chi connectivity index (χ0n) is 14.2. The fraction of sp³-hybridized carbons (Fsp3) is 0.556. The van der Waals surface area contributed by atoms with Crippen LogP contribution >= 0.6 is 22.7 Å². The van der Waals surface area contributed by atoms with Gasteiger partial charge in [-0.2, -0.15) is 11.3 Å². The van der Waals surface area contributed by atoms with Crippen molar-refractivity contribution in [1.82, 2.24) is 14.8 Å². The van der Waals surface area contributed by atoms with E-state index in [9.17, 15) is 4.79 Å². The standard InChI is InChI=1S/C18H23N3O2S2/c22-17(14-5-11-24-13-14)21-7-1-15(2-8-21)20-9-3-16(4-10-20)23-18-19-6-12-25-18/h5-6,11-13,15-16H,1-4,7-10H2. The molecule has 0 N–H and O–H groups in total. The topological polar surface area (TPSA) is 45.7 Å². The lowest BCUT2D eigenvalue weighted by Crippen LogP contribution is -2.50. The van der Waals surface area contributed by atoms with Crippen LogP contribution in [0.4, 0.5) is 0 Å². The quantitative estimate of drug-likeness (QED) is 0.820. The molecule has 2 aromatic heterocycles. The summed E-state index contributed by atoms with van der Waals surface area (Å²) in [4.78, 5) is 21.2. The van der Waals surface area contributed by atoms with Crippen molar-refractivity contribution in [3.05, 3.63) is 34.0 Å². The Kier molecular flexibility index (Phi) is 5.33. The summed E-state index contributed by atoms with van der Waals surface area (Å²) in [6, 6.07) is 2.53. The summed E-state index contributed by atoms with van der Waals surface area (Å²) in [5, 5.41) is 6.66. The number of carbonyl (C=O) groups is 1. The predicted molar refractivity (Wildman–Crippen MR) is 101 cm³/mol. The number of thiophene rings is 1. The average molecular weight is 378 g/mol. The van der Waals surface area contributed by atoms with E-state index >= 15 is 0 Å². The summed E-state index contributed by atoms with van der Waals surface area (Å²) in [7, 11) is 0. The first-order valence-electron chi connectivity index (χ1n) is 8.91. The van der Waals surface area contributed by atoms with Crippen molar-refractivity contribution >= 4 is 28.6 Å². The van der Waals surface area contributed by atoms with Gasteiger partial charge in [0, 0.05) is 49.2 Å². The van der Waals surface area contributed by atoms with Crippen molar-refractivity contribution in [1.29, 1.82) is 0 Å². The third-order valence-electron chi connectivity index (χ3n) is 5.19. The van der Waals surface area contributed by atoms with Crippen LogP contribution in [0.1, 0.15) is 36.0 Å². The summed E-state index contributed by atoms with van der Waals surface area (Å²) in [5.41, 5.74) is 0.837. The third kappa shape index (κ3) is 4.04. The second kappa shape index (κ2) is 7.85. The molecule has 0 atom stereocenters. The van der Waals surface area contributed by atoms with E-state index in [1.165, 1.54) is 0 Å². The van der Waals surface area contributed by atoms with Crippen LogP contribution in [0.15, 0.2) is 28.4 Å². The Bertz CT molecular complexity index is 659. The molecule has 2 aliphatic rings. The van der Waals surface area contributed by atoms with Gasteiger partial charge in [0.2, 0.25) is 0 Å². The van der Waals surface area contributed by atoms with E-state index in [1.807, 2.05) is 27.1 Å². The molecule has 2 aliphatic heterocycles. The van der Waals surface area contributed by atoms with Crippen LogP contribution in [0, 0.1) is 0 Å². The first kappa shape index (κ1) is 17.0. The van der Waals surface area contributed by atoms with Gasteiger partial charge in [0.1, 0.15) is 6.10 Å². The lowest BCUT2D eigenvalue weighted by molar-refractivity contribution is 0.0425. The molecule has 2 saturated heterocycles. The van der Waals surface area contributed by atoms with E-state index in [1.54, 1.807) is 28.9 Å². The van der Waals surface area contributed by atoms with Gasteiger partial charge in [0.25, 0.3) is 11.1 Å². The highest BCUT2D eigenvalue weighted by molar-refractivity contribution is 7.11. The normalized spacial score (nSPS) is 20.7. The van der Waals surface area contributed by atoms with Gasteiger partial charge in [-0.15, -0.1) is 0 Å². The first-order chi connectivity index (χ1) is 12.3. The predicted octanol–water partition coefficient (Wildman–Crippen LogP) is 3.35. The highest BCUT2D eigenvalue weighted by Gasteiger charge is 2.30. The average Bonchev–Trinajstić information content (AvgIpc) is 3.36. The molecule has 4 heterocycles. The number of carbonyl (C=O) groups excluding carboxylic acids is 1. The minimum atomic E-state index is 0.190. The van der Waals surface area contributed by atoms with Crippen LogP contribution in [0.5, 0.6) is 5.19 Å². The van der Waals surface area contributed by atoms with Crippen LogP contribution in [0.2, 0.25) is 0 Å². The second-order valence-corrected chi connectivity index (χ2v) is 8.32. The maximum absolute atomic E-state index is 12.4. The number of rotatable bonds is 4. The Morgan fingerprint density at radius 1 is 1.12 bits per heavy atom. The fourth-order valence-corrected chi connectivity index (χ4v) is 4.95. The molecule has 7 heteroatoms. The summed E-state index contributed by atoms with van der Waals surface area (Å²) < 4.78 is 5.95. The Balaban J connectivity index is 1.23. The largest absolute Gasteiger partial charge is 0.467 e. The molecule has 0 aromatic carbocycles. The molecule has 0 aliphatic carbocycles. The lowest BCUT2D eigenvalue weighted by atomic mass is 9.98. The number of thiazole rings is 1. The first-order valence-corrected chi connectivity index (χ1v) is 10.7. The van der Waals surface area contributed by atoms with Gasteiger partial charge >= 0.3 is 0 Å². The molecular weight excluding hydrogens is 354 g/mol. The summed E-state index contributed by atoms with van der Waals surface area (Å²) in [5.74, 6) is 0.190. The number of piperidine rings is 2. The van der Waals surface area contributed by atoms with E-state index in [2.05, 4.69) is 9.88 Å². The number of likely N-dealkylation sites (tertiary alicyclic amines) is 2. The van der Waals surface area contributed by atoms with E-state index in [0.717, 1.165) is 62.6 Å². The summed E-state index contributed by atoms with van der Waals surface area (Å²) >= 11 is 3.15. The molecule has 0 radical (unpaired) electrons. The van der Waals surface area contributed by atoms with E-state index in [4.69, 9.17) is 4.74 Å². The Hall–Kier alpha value is -1.44. The van der Waals surface area contributed by atoms with Crippen molar-refractivity contribution < 1.29 is 9.53 Å². The molecule has 25 heavy (non-hydrogen) atoms. The van der Waals surface area contributed by atoms with E-state index in [-0.39, 0.29) is 5.91 Å². The summed E-state index contributed by atoms with van der Waals surface area (Å²) in [6.45, 7) is 3.90. The lowest BCUT2D eigenvalue weighted by Gasteiger charge is -2.41. The molecule has 4 rings (SSSR count). The Morgan fingerprint density at radius 3 is 2.56 bits per heavy atom. The monoisotopic (exact) mass is 377 g/mol. The molecule has 134 valence electrons. The smallest absolute Gasteiger partial charge is 0.273 e. The van der Waals surface area contributed by atoms with Gasteiger partial charge in [0.15, 0.2) is 0 Å². The zero-order valence-corrected chi connectivity index (χ0v) is 15.8. The Labute approximate surface area is 156 Å². The SMILES string of the molecule is O=C(c1ccsc1)N1CCC(N2CCC(Oc3nccs3)CC2)CC1. The fourth-order valence-electron chi connectivity index (χ4n) is 3.77. The number of hydrogen-bond donors (Lipinski definition) is 0. The molecule has 0 spiro atoms. The maximum atomic E-state index is 12.4. The van der Waals surface area contributed by atoms with Gasteiger partial charge in [-0.25, -0.2) is 4.98 Å². The van der Waals surface area contributed by atoms with Gasteiger partial charge < -0.3 is 9.64 Å². The molecule has 0 bridgehead atoms. The van der Waals surface area contributed by atoms with Crippen molar-refractivity contribution in [2.75, 3.05) is 26.2 Å². The molecular formula is C18H23N3O2S2. The number of aromatic nitrogens is 1. The van der Waals surface area contributed by atoms with Gasteiger partial charge in [-0.3, -0.25) is 9.69 Å². The summed E-state index contributed by atoms with van der Waals surface area (Å²) in [6.07, 6.45) is 6.37. The third-order valence-corrected chi connectivity index (χ3v) is 6.53. The maximum Gasteiger partial charge on any atom is 0.273 e.